The molecule has 1 amide bonds. The largest absolute Gasteiger partial charge is 0.485 e. The molecule has 1 unspecified atom stereocenters. The maximum absolute atomic E-state index is 12.4. The average molecular weight is 387 g/mol. The van der Waals surface area contributed by atoms with E-state index in [1.165, 1.54) is 11.3 Å². The first kappa shape index (κ1) is 16.9. The number of nitrogens with one attached hydrogen (secondary N) is 1. The lowest BCUT2D eigenvalue weighted by Gasteiger charge is -2.25. The minimum atomic E-state index is -0.700. The van der Waals surface area contributed by atoms with Crippen LogP contribution in [0.4, 0.5) is 5.13 Å². The van der Waals surface area contributed by atoms with E-state index in [-0.39, 0.29) is 12.5 Å². The van der Waals surface area contributed by atoms with Crippen LogP contribution in [0.3, 0.4) is 0 Å². The number of aromatic nitrogens is 1. The molecular formula is C19H15ClN2O3S. The van der Waals surface area contributed by atoms with Crippen LogP contribution < -0.4 is 14.8 Å². The van der Waals surface area contributed by atoms with Gasteiger partial charge in [0.05, 0.1) is 0 Å². The highest BCUT2D eigenvalue weighted by Crippen LogP contribution is 2.31. The van der Waals surface area contributed by atoms with Crippen molar-refractivity contribution < 1.29 is 14.3 Å². The predicted molar refractivity (Wildman–Crippen MR) is 101 cm³/mol. The first-order valence-electron chi connectivity index (χ1n) is 8.06. The fraction of sp³-hybridized carbons (Fsp3) is 0.158. The van der Waals surface area contributed by atoms with Gasteiger partial charge in [-0.3, -0.25) is 10.1 Å². The Labute approximate surface area is 159 Å². The van der Waals surface area contributed by atoms with Crippen LogP contribution in [0, 0.1) is 0 Å². The lowest BCUT2D eigenvalue weighted by atomic mass is 10.1. The minimum absolute atomic E-state index is 0.172. The van der Waals surface area contributed by atoms with E-state index < -0.39 is 6.10 Å². The van der Waals surface area contributed by atoms with Gasteiger partial charge in [0.15, 0.2) is 16.6 Å². The molecule has 4 rings (SSSR count). The highest BCUT2D eigenvalue weighted by molar-refractivity contribution is 7.15. The molecule has 3 aromatic rings. The molecule has 26 heavy (non-hydrogen) atoms. The number of benzene rings is 2. The number of para-hydroxylation sites is 2. The summed E-state index contributed by atoms with van der Waals surface area (Å²) in [5.74, 6) is 0.949. The summed E-state index contributed by atoms with van der Waals surface area (Å²) in [5.41, 5.74) is 1.14. The maximum atomic E-state index is 12.4. The number of carbonyl (C=O) groups is 1. The molecule has 0 saturated heterocycles. The molecule has 7 heteroatoms. The molecular weight excluding hydrogens is 372 g/mol. The second kappa shape index (κ2) is 7.35. The molecule has 1 aromatic heterocycles. The van der Waals surface area contributed by atoms with E-state index in [0.29, 0.717) is 21.7 Å². The second-order valence-electron chi connectivity index (χ2n) is 5.79. The molecule has 1 N–H and O–H groups in total. The topological polar surface area (TPSA) is 60.5 Å². The van der Waals surface area contributed by atoms with E-state index in [1.54, 1.807) is 12.3 Å². The van der Waals surface area contributed by atoms with Crippen LogP contribution in [0.2, 0.25) is 5.02 Å². The second-order valence-corrected chi connectivity index (χ2v) is 7.34. The Morgan fingerprint density at radius 1 is 1.19 bits per heavy atom. The first-order chi connectivity index (χ1) is 12.7. The molecule has 0 saturated carbocycles. The van der Waals surface area contributed by atoms with Gasteiger partial charge >= 0.3 is 0 Å². The molecule has 0 radical (unpaired) electrons. The summed E-state index contributed by atoms with van der Waals surface area (Å²) >= 11 is 7.34. The quantitative estimate of drug-likeness (QED) is 0.731. The fourth-order valence-corrected chi connectivity index (χ4v) is 3.56. The van der Waals surface area contributed by atoms with Crippen molar-refractivity contribution in [2.45, 2.75) is 12.5 Å². The SMILES string of the molecule is O=C(Nc1ncc(Cc2ccc(Cl)cc2)s1)C1COc2ccccc2O1. The van der Waals surface area contributed by atoms with Crippen LogP contribution in [-0.2, 0) is 11.2 Å². The number of nitrogens with zero attached hydrogens (tertiary/aromatic N) is 1. The Morgan fingerprint density at radius 2 is 1.96 bits per heavy atom. The number of ether oxygens (including phenoxy) is 2. The zero-order valence-electron chi connectivity index (χ0n) is 13.6. The molecule has 132 valence electrons. The van der Waals surface area contributed by atoms with Crippen LogP contribution in [0.25, 0.3) is 0 Å². The van der Waals surface area contributed by atoms with E-state index in [0.717, 1.165) is 16.9 Å². The molecule has 0 fully saturated rings. The van der Waals surface area contributed by atoms with E-state index in [9.17, 15) is 4.79 Å². The highest BCUT2D eigenvalue weighted by atomic mass is 35.5. The van der Waals surface area contributed by atoms with Gasteiger partial charge < -0.3 is 9.47 Å². The van der Waals surface area contributed by atoms with E-state index in [4.69, 9.17) is 21.1 Å². The van der Waals surface area contributed by atoms with Gasteiger partial charge in [0, 0.05) is 22.5 Å². The van der Waals surface area contributed by atoms with Gasteiger partial charge in [0.1, 0.15) is 6.61 Å². The number of carbonyl (C=O) groups excluding carboxylic acids is 1. The number of anilines is 1. The molecule has 2 heterocycles. The van der Waals surface area contributed by atoms with Crippen LogP contribution >= 0.6 is 22.9 Å². The van der Waals surface area contributed by atoms with Crippen molar-refractivity contribution in [3.05, 3.63) is 70.2 Å². The Kier molecular flexibility index (Phi) is 4.77. The van der Waals surface area contributed by atoms with Crippen LogP contribution in [-0.4, -0.2) is 23.6 Å². The maximum Gasteiger partial charge on any atom is 0.270 e. The Balaban J connectivity index is 1.38. The number of rotatable bonds is 4. The van der Waals surface area contributed by atoms with Crippen LogP contribution in [0.15, 0.2) is 54.7 Å². The summed E-state index contributed by atoms with van der Waals surface area (Å²) in [6.45, 7) is 0.172. The third kappa shape index (κ3) is 3.81. The Morgan fingerprint density at radius 3 is 2.77 bits per heavy atom. The van der Waals surface area contributed by atoms with Crippen molar-refractivity contribution in [1.82, 2.24) is 4.98 Å². The van der Waals surface area contributed by atoms with Gasteiger partial charge in [-0.1, -0.05) is 35.9 Å². The molecule has 0 bridgehead atoms. The first-order valence-corrected chi connectivity index (χ1v) is 9.25. The summed E-state index contributed by atoms with van der Waals surface area (Å²) in [6, 6.07) is 15.0. The van der Waals surface area contributed by atoms with Crippen LogP contribution in [0.5, 0.6) is 11.5 Å². The molecule has 1 aliphatic heterocycles. The number of thiazole rings is 1. The normalized spacial score (nSPS) is 15.5. The molecule has 1 atom stereocenters. The summed E-state index contributed by atoms with van der Waals surface area (Å²) < 4.78 is 11.3. The number of hydrogen-bond acceptors (Lipinski definition) is 5. The van der Waals surface area contributed by atoms with Crippen molar-refractivity contribution in [3.63, 3.8) is 0 Å². The molecule has 1 aliphatic rings. The van der Waals surface area contributed by atoms with E-state index >= 15 is 0 Å². The minimum Gasteiger partial charge on any atom is -0.485 e. The summed E-state index contributed by atoms with van der Waals surface area (Å²) in [7, 11) is 0. The summed E-state index contributed by atoms with van der Waals surface area (Å²) in [5, 5.41) is 4.05. The predicted octanol–water partition coefficient (Wildman–Crippen LogP) is 4.17. The summed E-state index contributed by atoms with van der Waals surface area (Å²) in [6.07, 6.45) is 1.80. The van der Waals surface area contributed by atoms with Crippen molar-refractivity contribution in [3.8, 4) is 11.5 Å². The zero-order chi connectivity index (χ0) is 17.9. The van der Waals surface area contributed by atoms with Gasteiger partial charge in [-0.15, -0.1) is 11.3 Å². The number of hydrogen-bond donors (Lipinski definition) is 1. The Hall–Kier alpha value is -2.57. The molecule has 2 aromatic carbocycles. The van der Waals surface area contributed by atoms with E-state index in [2.05, 4.69) is 10.3 Å². The van der Waals surface area contributed by atoms with Crippen molar-refractivity contribution >= 4 is 34.0 Å². The van der Waals surface area contributed by atoms with Gasteiger partial charge in [0.25, 0.3) is 5.91 Å². The summed E-state index contributed by atoms with van der Waals surface area (Å²) in [4.78, 5) is 17.7. The van der Waals surface area contributed by atoms with Gasteiger partial charge in [-0.05, 0) is 29.8 Å². The molecule has 0 aliphatic carbocycles. The number of halogens is 1. The monoisotopic (exact) mass is 386 g/mol. The van der Waals surface area contributed by atoms with Gasteiger partial charge in [-0.2, -0.15) is 0 Å². The van der Waals surface area contributed by atoms with Crippen molar-refractivity contribution in [1.29, 1.82) is 0 Å². The third-order valence-electron chi connectivity index (χ3n) is 3.88. The lowest BCUT2D eigenvalue weighted by molar-refractivity contribution is -0.125. The Bertz CT molecular complexity index is 927. The van der Waals surface area contributed by atoms with Gasteiger partial charge in [-0.25, -0.2) is 4.98 Å². The van der Waals surface area contributed by atoms with Gasteiger partial charge in [0.2, 0.25) is 6.10 Å². The third-order valence-corrected chi connectivity index (χ3v) is 5.04. The van der Waals surface area contributed by atoms with Crippen molar-refractivity contribution in [2.75, 3.05) is 11.9 Å². The number of fused-ring (bicyclic) bond motifs is 1. The molecule has 0 spiro atoms. The average Bonchev–Trinajstić information content (AvgIpc) is 3.10. The number of amides is 1. The lowest BCUT2D eigenvalue weighted by Crippen LogP contribution is -2.40. The highest BCUT2D eigenvalue weighted by Gasteiger charge is 2.27. The molecule has 5 nitrogen and oxygen atoms in total. The van der Waals surface area contributed by atoms with Crippen LogP contribution in [0.1, 0.15) is 10.4 Å². The van der Waals surface area contributed by atoms with E-state index in [1.807, 2.05) is 42.5 Å². The standard InChI is InChI=1S/C19H15ClN2O3S/c20-13-7-5-12(6-8-13)9-14-10-21-19(26-14)22-18(23)17-11-24-15-3-1-2-4-16(15)25-17/h1-8,10,17H,9,11H2,(H,21,22,23). The smallest absolute Gasteiger partial charge is 0.270 e. The fourth-order valence-electron chi connectivity index (χ4n) is 2.59. The zero-order valence-corrected chi connectivity index (χ0v) is 15.2. The van der Waals surface area contributed by atoms with Crippen molar-refractivity contribution in [2.24, 2.45) is 0 Å².